The summed E-state index contributed by atoms with van der Waals surface area (Å²) in [5.74, 6) is 0.0123. The molecule has 1 aliphatic rings. The van der Waals surface area contributed by atoms with Crippen molar-refractivity contribution in [3.63, 3.8) is 0 Å². The molecule has 0 atom stereocenters. The molecule has 1 aromatic heterocycles. The summed E-state index contributed by atoms with van der Waals surface area (Å²) in [5, 5.41) is 3.33. The predicted molar refractivity (Wildman–Crippen MR) is 96.7 cm³/mol. The highest BCUT2D eigenvalue weighted by molar-refractivity contribution is 5.93. The molecule has 0 unspecified atom stereocenters. The van der Waals surface area contributed by atoms with E-state index in [1.807, 2.05) is 29.2 Å². The topological polar surface area (TPSA) is 48.5 Å². The SMILES string of the molecule is CCN1CCN(C(=O)c2cc(Nc3ccc(C)cc3)ccn2)CC1. The summed E-state index contributed by atoms with van der Waals surface area (Å²) in [7, 11) is 0. The summed E-state index contributed by atoms with van der Waals surface area (Å²) in [6.07, 6.45) is 1.69. The highest BCUT2D eigenvalue weighted by Crippen LogP contribution is 2.18. The monoisotopic (exact) mass is 324 g/mol. The Kier molecular flexibility index (Phi) is 5.11. The minimum absolute atomic E-state index is 0.0123. The molecule has 5 nitrogen and oxygen atoms in total. The number of anilines is 2. The molecule has 24 heavy (non-hydrogen) atoms. The summed E-state index contributed by atoms with van der Waals surface area (Å²) < 4.78 is 0. The normalized spacial score (nSPS) is 15.3. The second-order valence-electron chi connectivity index (χ2n) is 6.15. The van der Waals surface area contributed by atoms with Crippen LogP contribution in [0.1, 0.15) is 23.0 Å². The van der Waals surface area contributed by atoms with Gasteiger partial charge in [-0.05, 0) is 37.7 Å². The Hall–Kier alpha value is -2.40. The van der Waals surface area contributed by atoms with Gasteiger partial charge < -0.3 is 15.1 Å². The van der Waals surface area contributed by atoms with E-state index in [-0.39, 0.29) is 5.91 Å². The van der Waals surface area contributed by atoms with Crippen molar-refractivity contribution < 1.29 is 4.79 Å². The molecule has 0 radical (unpaired) electrons. The molecular weight excluding hydrogens is 300 g/mol. The number of carbonyl (C=O) groups excluding carboxylic acids is 1. The average molecular weight is 324 g/mol. The number of aryl methyl sites for hydroxylation is 1. The number of pyridine rings is 1. The first-order chi connectivity index (χ1) is 11.7. The fourth-order valence-corrected chi connectivity index (χ4v) is 2.86. The lowest BCUT2D eigenvalue weighted by molar-refractivity contribution is 0.0637. The summed E-state index contributed by atoms with van der Waals surface area (Å²) in [6, 6.07) is 11.9. The fourth-order valence-electron chi connectivity index (χ4n) is 2.86. The number of likely N-dealkylation sites (N-methyl/N-ethyl adjacent to an activating group) is 1. The number of rotatable bonds is 4. The van der Waals surface area contributed by atoms with Crippen molar-refractivity contribution in [2.75, 3.05) is 38.0 Å². The van der Waals surface area contributed by atoms with Crippen LogP contribution in [0.3, 0.4) is 0 Å². The number of piperazine rings is 1. The van der Waals surface area contributed by atoms with Crippen LogP contribution in [0.5, 0.6) is 0 Å². The largest absolute Gasteiger partial charge is 0.355 e. The first-order valence-electron chi connectivity index (χ1n) is 8.47. The Balaban J connectivity index is 1.68. The van der Waals surface area contributed by atoms with Crippen LogP contribution in [0, 0.1) is 6.92 Å². The fraction of sp³-hybridized carbons (Fsp3) is 0.368. The maximum absolute atomic E-state index is 12.7. The number of hydrogen-bond donors (Lipinski definition) is 1. The number of hydrogen-bond acceptors (Lipinski definition) is 4. The lowest BCUT2D eigenvalue weighted by Crippen LogP contribution is -2.48. The van der Waals surface area contributed by atoms with Gasteiger partial charge in [-0.2, -0.15) is 0 Å². The van der Waals surface area contributed by atoms with E-state index in [2.05, 4.69) is 41.2 Å². The standard InChI is InChI=1S/C19H24N4O/c1-3-22-10-12-23(13-11-22)19(24)18-14-17(8-9-20-18)21-16-6-4-15(2)5-7-16/h4-9,14H,3,10-13H2,1-2H3,(H,20,21). The van der Waals surface area contributed by atoms with Crippen LogP contribution in [0.25, 0.3) is 0 Å². The Bertz CT molecular complexity index is 691. The Labute approximate surface area is 143 Å². The molecule has 3 rings (SSSR count). The van der Waals surface area contributed by atoms with E-state index >= 15 is 0 Å². The van der Waals surface area contributed by atoms with Crippen LogP contribution in [0.2, 0.25) is 0 Å². The molecule has 0 saturated carbocycles. The third kappa shape index (κ3) is 3.92. The van der Waals surface area contributed by atoms with E-state index in [1.54, 1.807) is 6.20 Å². The van der Waals surface area contributed by atoms with Crippen molar-refractivity contribution in [3.05, 3.63) is 53.9 Å². The van der Waals surface area contributed by atoms with Gasteiger partial charge in [0.15, 0.2) is 0 Å². The number of nitrogens with zero attached hydrogens (tertiary/aromatic N) is 3. The lowest BCUT2D eigenvalue weighted by Gasteiger charge is -2.33. The molecule has 1 saturated heterocycles. The number of aromatic nitrogens is 1. The lowest BCUT2D eigenvalue weighted by atomic mass is 10.2. The van der Waals surface area contributed by atoms with Crippen LogP contribution >= 0.6 is 0 Å². The van der Waals surface area contributed by atoms with Gasteiger partial charge >= 0.3 is 0 Å². The Morgan fingerprint density at radius 3 is 2.46 bits per heavy atom. The van der Waals surface area contributed by atoms with Crippen molar-refractivity contribution in [3.8, 4) is 0 Å². The molecule has 0 bridgehead atoms. The first-order valence-corrected chi connectivity index (χ1v) is 8.47. The number of amides is 1. The number of carbonyl (C=O) groups is 1. The Morgan fingerprint density at radius 1 is 1.08 bits per heavy atom. The van der Waals surface area contributed by atoms with Crippen LogP contribution in [-0.4, -0.2) is 53.4 Å². The smallest absolute Gasteiger partial charge is 0.272 e. The molecular formula is C19H24N4O. The quantitative estimate of drug-likeness (QED) is 0.939. The van der Waals surface area contributed by atoms with E-state index in [9.17, 15) is 4.79 Å². The predicted octanol–water partition coefficient (Wildman–Crippen LogP) is 2.91. The zero-order chi connectivity index (χ0) is 16.9. The third-order valence-corrected chi connectivity index (χ3v) is 4.43. The molecule has 1 amide bonds. The van der Waals surface area contributed by atoms with Gasteiger partial charge in [-0.15, -0.1) is 0 Å². The van der Waals surface area contributed by atoms with E-state index in [0.29, 0.717) is 5.69 Å². The van der Waals surface area contributed by atoms with Gasteiger partial charge in [0.1, 0.15) is 5.69 Å². The van der Waals surface area contributed by atoms with Gasteiger partial charge in [0.25, 0.3) is 5.91 Å². The summed E-state index contributed by atoms with van der Waals surface area (Å²) >= 11 is 0. The molecule has 1 N–H and O–H groups in total. The number of nitrogens with one attached hydrogen (secondary N) is 1. The van der Waals surface area contributed by atoms with Crippen LogP contribution in [0.4, 0.5) is 11.4 Å². The molecule has 0 aliphatic carbocycles. The van der Waals surface area contributed by atoms with Crippen molar-refractivity contribution in [2.45, 2.75) is 13.8 Å². The third-order valence-electron chi connectivity index (χ3n) is 4.43. The van der Waals surface area contributed by atoms with Gasteiger partial charge in [-0.25, -0.2) is 0 Å². The molecule has 2 aromatic rings. The van der Waals surface area contributed by atoms with Gasteiger partial charge in [0.05, 0.1) is 0 Å². The first kappa shape index (κ1) is 16.5. The van der Waals surface area contributed by atoms with Crippen molar-refractivity contribution in [1.82, 2.24) is 14.8 Å². The second kappa shape index (κ2) is 7.45. The zero-order valence-electron chi connectivity index (χ0n) is 14.3. The van der Waals surface area contributed by atoms with Gasteiger partial charge in [0, 0.05) is 43.8 Å². The Morgan fingerprint density at radius 2 is 1.79 bits per heavy atom. The molecule has 126 valence electrons. The molecule has 1 aromatic carbocycles. The maximum atomic E-state index is 12.7. The number of benzene rings is 1. The molecule has 5 heteroatoms. The van der Waals surface area contributed by atoms with Crippen molar-refractivity contribution >= 4 is 17.3 Å². The summed E-state index contributed by atoms with van der Waals surface area (Å²) in [6.45, 7) is 8.65. The summed E-state index contributed by atoms with van der Waals surface area (Å²) in [4.78, 5) is 21.2. The van der Waals surface area contributed by atoms with Crippen LogP contribution in [0.15, 0.2) is 42.6 Å². The minimum atomic E-state index is 0.0123. The van der Waals surface area contributed by atoms with Crippen molar-refractivity contribution in [1.29, 1.82) is 0 Å². The summed E-state index contributed by atoms with van der Waals surface area (Å²) in [5.41, 5.74) is 3.60. The van der Waals surface area contributed by atoms with Crippen LogP contribution < -0.4 is 5.32 Å². The van der Waals surface area contributed by atoms with E-state index in [0.717, 1.165) is 44.1 Å². The van der Waals surface area contributed by atoms with Crippen LogP contribution in [-0.2, 0) is 0 Å². The molecule has 1 aliphatic heterocycles. The molecule has 1 fully saturated rings. The average Bonchev–Trinajstić information content (AvgIpc) is 2.63. The zero-order valence-corrected chi connectivity index (χ0v) is 14.3. The highest BCUT2D eigenvalue weighted by atomic mass is 16.2. The minimum Gasteiger partial charge on any atom is -0.355 e. The van der Waals surface area contributed by atoms with Gasteiger partial charge in [-0.3, -0.25) is 9.78 Å². The van der Waals surface area contributed by atoms with E-state index in [4.69, 9.17) is 0 Å². The van der Waals surface area contributed by atoms with Crippen molar-refractivity contribution in [2.24, 2.45) is 0 Å². The second-order valence-corrected chi connectivity index (χ2v) is 6.15. The molecule has 0 spiro atoms. The van der Waals surface area contributed by atoms with Gasteiger partial charge in [-0.1, -0.05) is 24.6 Å². The maximum Gasteiger partial charge on any atom is 0.272 e. The van der Waals surface area contributed by atoms with E-state index in [1.165, 1.54) is 5.56 Å². The van der Waals surface area contributed by atoms with Gasteiger partial charge in [0.2, 0.25) is 0 Å². The van der Waals surface area contributed by atoms with E-state index < -0.39 is 0 Å². The molecule has 2 heterocycles. The highest BCUT2D eigenvalue weighted by Gasteiger charge is 2.22.